The van der Waals surface area contributed by atoms with E-state index < -0.39 is 0 Å². The molecule has 3 fully saturated rings. The Hall–Kier alpha value is -0.670. The van der Waals surface area contributed by atoms with Gasteiger partial charge in [0, 0.05) is 10.6 Å². The molecule has 1 aromatic carbocycles. The Balaban J connectivity index is 1.67. The summed E-state index contributed by atoms with van der Waals surface area (Å²) >= 11 is 1.99. The lowest BCUT2D eigenvalue weighted by Gasteiger charge is -2.49. The van der Waals surface area contributed by atoms with Crippen LogP contribution < -0.4 is 4.74 Å². The van der Waals surface area contributed by atoms with Crippen molar-refractivity contribution in [3.05, 3.63) is 23.8 Å². The van der Waals surface area contributed by atoms with Gasteiger partial charge in [-0.2, -0.15) is 0 Å². The molecule has 3 saturated heterocycles. The van der Waals surface area contributed by atoms with E-state index in [0.29, 0.717) is 18.1 Å². The van der Waals surface area contributed by atoms with Gasteiger partial charge in [0.25, 0.3) is 0 Å². The van der Waals surface area contributed by atoms with Gasteiger partial charge in [0.05, 0.1) is 6.04 Å². The zero-order valence-corrected chi connectivity index (χ0v) is 13.2. The van der Waals surface area contributed by atoms with Crippen LogP contribution in [0.15, 0.2) is 23.1 Å². The van der Waals surface area contributed by atoms with Gasteiger partial charge in [0.2, 0.25) is 0 Å². The van der Waals surface area contributed by atoms with E-state index in [1.54, 1.807) is 0 Å². The maximum atomic E-state index is 6.52. The Morgan fingerprint density at radius 3 is 2.80 bits per heavy atom. The topological polar surface area (TPSA) is 12.5 Å². The zero-order chi connectivity index (χ0) is 13.7. The van der Waals surface area contributed by atoms with Crippen molar-refractivity contribution in [3.8, 4) is 5.75 Å². The van der Waals surface area contributed by atoms with Crippen LogP contribution in [0.5, 0.6) is 5.75 Å². The number of nitrogens with zero attached hydrogens (tertiary/aromatic N) is 1. The van der Waals surface area contributed by atoms with E-state index in [1.807, 2.05) is 11.8 Å². The highest BCUT2D eigenvalue weighted by Crippen LogP contribution is 2.43. The van der Waals surface area contributed by atoms with Crippen LogP contribution in [0, 0.1) is 5.92 Å². The van der Waals surface area contributed by atoms with Crippen LogP contribution >= 0.6 is 11.8 Å². The Labute approximate surface area is 125 Å². The largest absolute Gasteiger partial charge is 0.487 e. The number of hydrogen-bond donors (Lipinski definition) is 0. The summed E-state index contributed by atoms with van der Waals surface area (Å²) in [7, 11) is 0. The van der Waals surface area contributed by atoms with E-state index in [2.05, 4.69) is 36.9 Å². The molecule has 5 rings (SSSR count). The lowest BCUT2D eigenvalue weighted by molar-refractivity contribution is -0.0484. The maximum Gasteiger partial charge on any atom is 0.133 e. The summed E-state index contributed by atoms with van der Waals surface area (Å²) in [6.45, 7) is 7.07. The summed E-state index contributed by atoms with van der Waals surface area (Å²) in [5.74, 6) is 3.68. The number of benzene rings is 1. The fourth-order valence-corrected chi connectivity index (χ4v) is 5.06. The second kappa shape index (κ2) is 4.96. The molecule has 1 aromatic rings. The zero-order valence-electron chi connectivity index (χ0n) is 12.3. The first-order chi connectivity index (χ1) is 9.72. The molecule has 0 spiro atoms. The van der Waals surface area contributed by atoms with Gasteiger partial charge in [-0.25, -0.2) is 0 Å². The predicted octanol–water partition coefficient (Wildman–Crippen LogP) is 3.76. The highest BCUT2D eigenvalue weighted by molar-refractivity contribution is 7.99. The molecule has 0 aromatic heterocycles. The third-order valence-electron chi connectivity index (χ3n) is 5.19. The van der Waals surface area contributed by atoms with Crippen molar-refractivity contribution in [3.63, 3.8) is 0 Å². The minimum absolute atomic E-state index is 0.425. The average molecular weight is 289 g/mol. The fourth-order valence-electron chi connectivity index (χ4n) is 3.89. The first-order valence-corrected chi connectivity index (χ1v) is 8.88. The monoisotopic (exact) mass is 289 g/mol. The predicted molar refractivity (Wildman–Crippen MR) is 83.8 cm³/mol. The summed E-state index contributed by atoms with van der Waals surface area (Å²) < 4.78 is 6.52. The molecule has 3 heteroatoms. The average Bonchev–Trinajstić information content (AvgIpc) is 2.68. The first kappa shape index (κ1) is 13.0. The van der Waals surface area contributed by atoms with Gasteiger partial charge in [0.15, 0.2) is 0 Å². The number of ether oxygens (including phenoxy) is 1. The minimum Gasteiger partial charge on any atom is -0.487 e. The maximum absolute atomic E-state index is 6.52. The summed E-state index contributed by atoms with van der Waals surface area (Å²) in [5, 5.41) is 0. The van der Waals surface area contributed by atoms with E-state index in [1.165, 1.54) is 42.1 Å². The van der Waals surface area contributed by atoms with Gasteiger partial charge < -0.3 is 4.74 Å². The molecule has 20 heavy (non-hydrogen) atoms. The smallest absolute Gasteiger partial charge is 0.133 e. The van der Waals surface area contributed by atoms with Crippen LogP contribution in [0.4, 0.5) is 0 Å². The van der Waals surface area contributed by atoms with Crippen molar-refractivity contribution in [1.29, 1.82) is 0 Å². The molecule has 108 valence electrons. The number of rotatable bonds is 1. The van der Waals surface area contributed by atoms with Gasteiger partial charge in [-0.1, -0.05) is 19.9 Å². The Morgan fingerprint density at radius 1 is 1.25 bits per heavy atom. The Kier molecular flexibility index (Phi) is 3.23. The molecule has 2 atom stereocenters. The molecular weight excluding hydrogens is 266 g/mol. The van der Waals surface area contributed by atoms with E-state index in [0.717, 1.165) is 11.7 Å². The minimum atomic E-state index is 0.425. The first-order valence-electron chi connectivity index (χ1n) is 7.90. The van der Waals surface area contributed by atoms with Gasteiger partial charge in [-0.15, -0.1) is 11.8 Å². The molecule has 4 heterocycles. The normalized spacial score (nSPS) is 35.1. The molecule has 0 radical (unpaired) electrons. The molecule has 4 aliphatic heterocycles. The molecule has 2 bridgehead atoms. The van der Waals surface area contributed by atoms with Gasteiger partial charge in [-0.05, 0) is 55.5 Å². The lowest BCUT2D eigenvalue weighted by Crippen LogP contribution is -2.60. The van der Waals surface area contributed by atoms with Gasteiger partial charge in [0.1, 0.15) is 11.9 Å². The number of fused-ring (bicyclic) bond motifs is 3. The van der Waals surface area contributed by atoms with Crippen LogP contribution in [0.2, 0.25) is 0 Å². The molecular formula is C17H23NOS. The van der Waals surface area contributed by atoms with E-state index >= 15 is 0 Å². The van der Waals surface area contributed by atoms with Crippen molar-refractivity contribution in [2.45, 2.75) is 49.6 Å². The Morgan fingerprint density at radius 2 is 2.05 bits per heavy atom. The van der Waals surface area contributed by atoms with E-state index in [-0.39, 0.29) is 0 Å². The van der Waals surface area contributed by atoms with E-state index in [9.17, 15) is 0 Å². The van der Waals surface area contributed by atoms with Crippen molar-refractivity contribution in [2.24, 2.45) is 5.92 Å². The standard InChI is InChI=1S/C17H23NOS/c1-11(2)13-3-4-16-15(9-13)19-17-12-5-7-18(8-6-12)14(17)10-20-16/h3-4,9,11-12,14,17H,5-8,10H2,1-2H3. The van der Waals surface area contributed by atoms with E-state index in [4.69, 9.17) is 4.74 Å². The molecule has 0 amide bonds. The number of piperidine rings is 3. The lowest BCUT2D eigenvalue weighted by atomic mass is 9.81. The van der Waals surface area contributed by atoms with Gasteiger partial charge >= 0.3 is 0 Å². The number of hydrogen-bond acceptors (Lipinski definition) is 3. The second-order valence-corrected chi connectivity index (χ2v) is 7.76. The van der Waals surface area contributed by atoms with Crippen molar-refractivity contribution < 1.29 is 4.74 Å². The second-order valence-electron chi connectivity index (χ2n) is 6.70. The molecule has 0 aliphatic carbocycles. The third-order valence-corrected chi connectivity index (χ3v) is 6.35. The third kappa shape index (κ3) is 2.06. The van der Waals surface area contributed by atoms with Crippen LogP contribution in [0.3, 0.4) is 0 Å². The quantitative estimate of drug-likeness (QED) is 0.781. The molecule has 2 unspecified atom stereocenters. The summed E-state index contributed by atoms with van der Waals surface area (Å²) in [6.07, 6.45) is 3.07. The SMILES string of the molecule is CC(C)c1ccc2c(c1)OC1C3CCN(CC3)C1CS2. The Bertz CT molecular complexity index is 508. The molecule has 4 aliphatic rings. The molecule has 0 saturated carbocycles. The van der Waals surface area contributed by atoms with Crippen molar-refractivity contribution >= 4 is 11.8 Å². The number of thioether (sulfide) groups is 1. The molecule has 2 nitrogen and oxygen atoms in total. The summed E-state index contributed by atoms with van der Waals surface area (Å²) in [6, 6.07) is 7.45. The summed E-state index contributed by atoms with van der Waals surface area (Å²) in [5.41, 5.74) is 1.39. The van der Waals surface area contributed by atoms with Gasteiger partial charge in [-0.3, -0.25) is 4.90 Å². The van der Waals surface area contributed by atoms with Crippen LogP contribution in [-0.4, -0.2) is 35.9 Å². The van der Waals surface area contributed by atoms with Crippen LogP contribution in [-0.2, 0) is 0 Å². The van der Waals surface area contributed by atoms with Crippen LogP contribution in [0.25, 0.3) is 0 Å². The summed E-state index contributed by atoms with van der Waals surface area (Å²) in [4.78, 5) is 4.00. The van der Waals surface area contributed by atoms with Crippen molar-refractivity contribution in [1.82, 2.24) is 4.90 Å². The fraction of sp³-hybridized carbons (Fsp3) is 0.647. The molecule has 0 N–H and O–H groups in total. The van der Waals surface area contributed by atoms with Crippen LogP contribution in [0.1, 0.15) is 38.2 Å². The highest BCUT2D eigenvalue weighted by atomic mass is 32.2. The highest BCUT2D eigenvalue weighted by Gasteiger charge is 2.44. The van der Waals surface area contributed by atoms with Crippen molar-refractivity contribution in [2.75, 3.05) is 18.8 Å².